The van der Waals surface area contributed by atoms with E-state index in [9.17, 15) is 0 Å². The van der Waals surface area contributed by atoms with Crippen LogP contribution in [0.1, 0.15) is 60.8 Å². The third kappa shape index (κ3) is 6.31. The first-order chi connectivity index (χ1) is 8.06. The molecule has 0 rings (SSSR count). The highest BCUT2D eigenvalue weighted by Crippen LogP contribution is 2.19. The summed E-state index contributed by atoms with van der Waals surface area (Å²) in [5.74, 6) is 0. The minimum Gasteiger partial charge on any atom is -0.0874 e. The summed E-state index contributed by atoms with van der Waals surface area (Å²) < 4.78 is 0. The Labute approximate surface area is 108 Å². The van der Waals surface area contributed by atoms with Gasteiger partial charge in [0.2, 0.25) is 0 Å². The predicted octanol–water partition coefficient (Wildman–Crippen LogP) is 5.98. The zero-order valence-electron chi connectivity index (χ0n) is 12.4. The molecule has 0 aliphatic carbocycles. The van der Waals surface area contributed by atoms with Crippen LogP contribution in [-0.2, 0) is 0 Å². The molecule has 0 unspecified atom stereocenters. The second-order valence-corrected chi connectivity index (χ2v) is 4.58. The van der Waals surface area contributed by atoms with Gasteiger partial charge >= 0.3 is 0 Å². The Hall–Kier alpha value is -1.04. The van der Waals surface area contributed by atoms with Crippen LogP contribution >= 0.6 is 0 Å². The predicted molar refractivity (Wildman–Crippen MR) is 80.2 cm³/mol. The minimum atomic E-state index is 1.12. The van der Waals surface area contributed by atoms with E-state index in [4.69, 9.17) is 0 Å². The maximum absolute atomic E-state index is 2.35. The van der Waals surface area contributed by atoms with Crippen LogP contribution in [0.4, 0.5) is 0 Å². The van der Waals surface area contributed by atoms with Crippen LogP contribution in [0.2, 0.25) is 0 Å². The van der Waals surface area contributed by atoms with Crippen molar-refractivity contribution in [1.29, 1.82) is 0 Å². The molecule has 0 fully saturated rings. The van der Waals surface area contributed by atoms with Crippen molar-refractivity contribution in [2.24, 2.45) is 0 Å². The molecule has 0 saturated carbocycles. The van der Waals surface area contributed by atoms with Crippen molar-refractivity contribution in [3.05, 3.63) is 46.6 Å². The van der Waals surface area contributed by atoms with Crippen molar-refractivity contribution in [2.45, 2.75) is 60.8 Å². The molecule has 0 aliphatic heterocycles. The Bertz CT molecular complexity index is 335. The van der Waals surface area contributed by atoms with Crippen molar-refractivity contribution < 1.29 is 0 Å². The van der Waals surface area contributed by atoms with Crippen LogP contribution in [0.15, 0.2) is 46.6 Å². The van der Waals surface area contributed by atoms with Crippen LogP contribution in [0.3, 0.4) is 0 Å². The van der Waals surface area contributed by atoms with E-state index in [1.165, 1.54) is 35.1 Å². The highest BCUT2D eigenvalue weighted by atomic mass is 14.1. The van der Waals surface area contributed by atoms with Crippen molar-refractivity contribution in [3.63, 3.8) is 0 Å². The molecular formula is C17H28. The fourth-order valence-electron chi connectivity index (χ4n) is 1.89. The zero-order valence-corrected chi connectivity index (χ0v) is 12.4. The number of rotatable bonds is 6. The summed E-state index contributed by atoms with van der Waals surface area (Å²) in [4.78, 5) is 0. The Morgan fingerprint density at radius 2 is 1.65 bits per heavy atom. The van der Waals surface area contributed by atoms with E-state index in [-0.39, 0.29) is 0 Å². The molecule has 0 nitrogen and oxygen atoms in total. The van der Waals surface area contributed by atoms with Crippen LogP contribution in [0.5, 0.6) is 0 Å². The van der Waals surface area contributed by atoms with Gasteiger partial charge in [0.1, 0.15) is 0 Å². The zero-order chi connectivity index (χ0) is 13.3. The Morgan fingerprint density at radius 3 is 2.12 bits per heavy atom. The summed E-state index contributed by atoms with van der Waals surface area (Å²) >= 11 is 0. The summed E-state index contributed by atoms with van der Waals surface area (Å²) in [7, 11) is 0. The number of hydrogen-bond donors (Lipinski definition) is 0. The molecule has 0 aliphatic rings. The molecule has 0 aromatic carbocycles. The molecule has 96 valence electrons. The minimum absolute atomic E-state index is 1.12. The lowest BCUT2D eigenvalue weighted by molar-refractivity contribution is 0.901. The lowest BCUT2D eigenvalue weighted by Gasteiger charge is -2.08. The van der Waals surface area contributed by atoms with Gasteiger partial charge < -0.3 is 0 Å². The second kappa shape index (κ2) is 9.04. The first kappa shape index (κ1) is 16.0. The molecular weight excluding hydrogens is 204 g/mol. The van der Waals surface area contributed by atoms with Gasteiger partial charge in [-0.1, -0.05) is 44.6 Å². The summed E-state index contributed by atoms with van der Waals surface area (Å²) in [6, 6.07) is 0. The average molecular weight is 232 g/mol. The van der Waals surface area contributed by atoms with Crippen LogP contribution in [-0.4, -0.2) is 0 Å². The third-order valence-electron chi connectivity index (χ3n) is 2.95. The topological polar surface area (TPSA) is 0 Å². The number of hydrogen-bond acceptors (Lipinski definition) is 0. The molecule has 0 bridgehead atoms. The van der Waals surface area contributed by atoms with Crippen molar-refractivity contribution in [2.75, 3.05) is 0 Å². The smallest absolute Gasteiger partial charge is 0.0282 e. The Morgan fingerprint density at radius 1 is 1.00 bits per heavy atom. The normalized spacial score (nSPS) is 15.4. The SMILES string of the molecule is C\C=C/C(C)=C(C)\C=C(C)\C(=C\CC)CCC. The van der Waals surface area contributed by atoms with Gasteiger partial charge in [0.25, 0.3) is 0 Å². The van der Waals surface area contributed by atoms with E-state index < -0.39 is 0 Å². The standard InChI is InChI=1S/C17H28/c1-7-10-14(4)15(5)13-16(6)17(11-8-2)12-9-3/h7,10-11,13H,8-9,12H2,1-6H3/b10-7-,15-14-,16-13+,17-11+. The van der Waals surface area contributed by atoms with E-state index in [0.717, 1.165) is 6.42 Å². The molecule has 0 atom stereocenters. The second-order valence-electron chi connectivity index (χ2n) is 4.58. The Kier molecular flexibility index (Phi) is 8.49. The van der Waals surface area contributed by atoms with Crippen molar-refractivity contribution >= 4 is 0 Å². The molecule has 0 radical (unpaired) electrons. The monoisotopic (exact) mass is 232 g/mol. The largest absolute Gasteiger partial charge is 0.0874 e. The molecule has 0 N–H and O–H groups in total. The fourth-order valence-corrected chi connectivity index (χ4v) is 1.89. The molecule has 0 spiro atoms. The molecule has 0 amide bonds. The van der Waals surface area contributed by atoms with Gasteiger partial charge in [0.15, 0.2) is 0 Å². The van der Waals surface area contributed by atoms with Gasteiger partial charge in [-0.15, -0.1) is 0 Å². The van der Waals surface area contributed by atoms with E-state index in [1.807, 2.05) is 0 Å². The summed E-state index contributed by atoms with van der Waals surface area (Å²) in [6.45, 7) is 13.1. The van der Waals surface area contributed by atoms with Gasteiger partial charge in [-0.3, -0.25) is 0 Å². The molecule has 0 aromatic heterocycles. The van der Waals surface area contributed by atoms with Crippen LogP contribution in [0, 0.1) is 0 Å². The molecule has 0 heteroatoms. The molecule has 0 saturated heterocycles. The van der Waals surface area contributed by atoms with Gasteiger partial charge in [-0.25, -0.2) is 0 Å². The lowest BCUT2D eigenvalue weighted by Crippen LogP contribution is -1.88. The van der Waals surface area contributed by atoms with Crippen molar-refractivity contribution in [3.8, 4) is 0 Å². The lowest BCUT2D eigenvalue weighted by atomic mass is 9.98. The highest BCUT2D eigenvalue weighted by Gasteiger charge is 1.99. The van der Waals surface area contributed by atoms with Crippen LogP contribution in [0.25, 0.3) is 0 Å². The first-order valence-corrected chi connectivity index (χ1v) is 6.74. The van der Waals surface area contributed by atoms with Crippen molar-refractivity contribution in [1.82, 2.24) is 0 Å². The molecule has 17 heavy (non-hydrogen) atoms. The maximum Gasteiger partial charge on any atom is -0.0282 e. The van der Waals surface area contributed by atoms with E-state index in [2.05, 4.69) is 65.8 Å². The van der Waals surface area contributed by atoms with Gasteiger partial charge in [-0.05, 0) is 62.8 Å². The summed E-state index contributed by atoms with van der Waals surface area (Å²) in [6.07, 6.45) is 12.5. The Balaban J connectivity index is 5.06. The molecule has 0 aromatic rings. The first-order valence-electron chi connectivity index (χ1n) is 6.74. The summed E-state index contributed by atoms with van der Waals surface area (Å²) in [5.41, 5.74) is 5.62. The summed E-state index contributed by atoms with van der Waals surface area (Å²) in [5, 5.41) is 0. The quantitative estimate of drug-likeness (QED) is 0.494. The average Bonchev–Trinajstić information content (AvgIpc) is 2.28. The highest BCUT2D eigenvalue weighted by molar-refractivity contribution is 5.39. The fraction of sp³-hybridized carbons (Fsp3) is 0.529. The van der Waals surface area contributed by atoms with Gasteiger partial charge in [0.05, 0.1) is 0 Å². The van der Waals surface area contributed by atoms with E-state index in [0.29, 0.717) is 0 Å². The third-order valence-corrected chi connectivity index (χ3v) is 2.95. The van der Waals surface area contributed by atoms with Gasteiger partial charge in [0, 0.05) is 0 Å². The molecule has 0 heterocycles. The van der Waals surface area contributed by atoms with Crippen LogP contribution < -0.4 is 0 Å². The van der Waals surface area contributed by atoms with Gasteiger partial charge in [-0.2, -0.15) is 0 Å². The van der Waals surface area contributed by atoms with E-state index in [1.54, 1.807) is 0 Å². The van der Waals surface area contributed by atoms with E-state index >= 15 is 0 Å². The maximum atomic E-state index is 2.35. The number of allylic oxidation sites excluding steroid dienone is 8.